The van der Waals surface area contributed by atoms with Gasteiger partial charge >= 0.3 is 0 Å². The normalized spacial score (nSPS) is 13.4. The summed E-state index contributed by atoms with van der Waals surface area (Å²) in [4.78, 5) is 14.0. The average Bonchev–Trinajstić information content (AvgIpc) is 2.26. The van der Waals surface area contributed by atoms with E-state index < -0.39 is 0 Å². The second-order valence-corrected chi connectivity index (χ2v) is 5.49. The van der Waals surface area contributed by atoms with E-state index >= 15 is 0 Å². The van der Waals surface area contributed by atoms with Crippen molar-refractivity contribution in [1.82, 2.24) is 10.2 Å². The highest BCUT2D eigenvalue weighted by atomic mass is 16.5. The molecule has 0 rings (SSSR count). The largest absolute Gasteiger partial charge is 0.383 e. The van der Waals surface area contributed by atoms with E-state index in [1.54, 1.807) is 19.1 Å². The minimum absolute atomic E-state index is 0.0550. The van der Waals surface area contributed by atoms with E-state index in [-0.39, 0.29) is 17.5 Å². The molecule has 5 heteroatoms. The molecule has 18 heavy (non-hydrogen) atoms. The first-order chi connectivity index (χ1) is 8.31. The minimum atomic E-state index is -0.0624. The van der Waals surface area contributed by atoms with Crippen LogP contribution in [0, 0.1) is 0 Å². The molecule has 0 aromatic rings. The number of carbonyl (C=O) groups excluding carboxylic acids is 1. The van der Waals surface area contributed by atoms with Crippen LogP contribution < -0.4 is 5.32 Å². The van der Waals surface area contributed by atoms with Crippen LogP contribution in [-0.2, 0) is 14.3 Å². The van der Waals surface area contributed by atoms with Crippen molar-refractivity contribution in [3.05, 3.63) is 0 Å². The number of ether oxygens (including phenoxy) is 2. The summed E-state index contributed by atoms with van der Waals surface area (Å²) < 4.78 is 10.1. The molecule has 0 saturated carbocycles. The number of nitrogens with one attached hydrogen (secondary N) is 1. The molecule has 1 unspecified atom stereocenters. The summed E-state index contributed by atoms with van der Waals surface area (Å²) in [6.07, 6.45) is 0. The lowest BCUT2D eigenvalue weighted by Crippen LogP contribution is -2.49. The Hall–Kier alpha value is -0.650. The first-order valence-corrected chi connectivity index (χ1v) is 6.34. The molecule has 5 nitrogen and oxygen atoms in total. The number of amides is 1. The van der Waals surface area contributed by atoms with Crippen LogP contribution in [0.4, 0.5) is 0 Å². The van der Waals surface area contributed by atoms with Gasteiger partial charge in [0.25, 0.3) is 0 Å². The summed E-state index contributed by atoms with van der Waals surface area (Å²) >= 11 is 0. The number of hydrogen-bond acceptors (Lipinski definition) is 4. The van der Waals surface area contributed by atoms with E-state index in [9.17, 15) is 4.79 Å². The predicted molar refractivity (Wildman–Crippen MR) is 72.7 cm³/mol. The highest BCUT2D eigenvalue weighted by molar-refractivity contribution is 5.78. The van der Waals surface area contributed by atoms with Gasteiger partial charge in [-0.3, -0.25) is 4.79 Å². The van der Waals surface area contributed by atoms with Crippen LogP contribution in [0.5, 0.6) is 0 Å². The van der Waals surface area contributed by atoms with Gasteiger partial charge in [0.15, 0.2) is 0 Å². The molecule has 0 aromatic heterocycles. The highest BCUT2D eigenvalue weighted by Crippen LogP contribution is 2.03. The fourth-order valence-corrected chi connectivity index (χ4v) is 1.55. The molecule has 0 heterocycles. The summed E-state index contributed by atoms with van der Waals surface area (Å²) in [7, 11) is 3.28. The van der Waals surface area contributed by atoms with Gasteiger partial charge in [0.05, 0.1) is 25.8 Å². The van der Waals surface area contributed by atoms with Crippen LogP contribution in [0.1, 0.15) is 27.7 Å². The van der Waals surface area contributed by atoms with E-state index in [4.69, 9.17) is 9.47 Å². The molecule has 0 saturated heterocycles. The maximum Gasteiger partial charge on any atom is 0.236 e. The van der Waals surface area contributed by atoms with Crippen LogP contribution in [0.25, 0.3) is 0 Å². The maximum atomic E-state index is 12.2. The Morgan fingerprint density at radius 2 is 1.89 bits per heavy atom. The van der Waals surface area contributed by atoms with Gasteiger partial charge in [-0.2, -0.15) is 0 Å². The summed E-state index contributed by atoms with van der Waals surface area (Å²) in [6, 6.07) is 0.0550. The molecule has 0 aliphatic heterocycles. The summed E-state index contributed by atoms with van der Waals surface area (Å²) in [5.74, 6) is 0.0755. The fraction of sp³-hybridized carbons (Fsp3) is 0.923. The van der Waals surface area contributed by atoms with Crippen LogP contribution >= 0.6 is 0 Å². The second-order valence-electron chi connectivity index (χ2n) is 5.49. The smallest absolute Gasteiger partial charge is 0.236 e. The zero-order valence-corrected chi connectivity index (χ0v) is 12.6. The lowest BCUT2D eigenvalue weighted by molar-refractivity contribution is -0.134. The van der Waals surface area contributed by atoms with Crippen molar-refractivity contribution in [2.75, 3.05) is 40.5 Å². The van der Waals surface area contributed by atoms with E-state index in [1.165, 1.54) is 0 Å². The Bertz CT molecular complexity index is 239. The third-order valence-electron chi connectivity index (χ3n) is 2.57. The van der Waals surface area contributed by atoms with Crippen molar-refractivity contribution in [1.29, 1.82) is 0 Å². The van der Waals surface area contributed by atoms with Gasteiger partial charge in [0, 0.05) is 26.3 Å². The van der Waals surface area contributed by atoms with Crippen LogP contribution in [0.3, 0.4) is 0 Å². The molecule has 1 amide bonds. The molecule has 1 atom stereocenters. The molecule has 108 valence electrons. The monoisotopic (exact) mass is 260 g/mol. The summed E-state index contributed by atoms with van der Waals surface area (Å²) in [5.41, 5.74) is -0.0624. The van der Waals surface area contributed by atoms with E-state index in [0.717, 1.165) is 0 Å². The second kappa shape index (κ2) is 8.45. The number of hydrogen-bond donors (Lipinski definition) is 1. The third kappa shape index (κ3) is 7.63. The van der Waals surface area contributed by atoms with E-state index in [2.05, 4.69) is 5.32 Å². The quantitative estimate of drug-likeness (QED) is 0.704. The van der Waals surface area contributed by atoms with Gasteiger partial charge in [0.1, 0.15) is 0 Å². The SMILES string of the molecule is COCCN(C(=O)CNC(C)(C)C)C(C)COC. The van der Waals surface area contributed by atoms with Crippen molar-refractivity contribution in [2.24, 2.45) is 0 Å². The Balaban J connectivity index is 4.39. The number of nitrogens with zero attached hydrogens (tertiary/aromatic N) is 1. The van der Waals surface area contributed by atoms with Crippen LogP contribution in [0.15, 0.2) is 0 Å². The molecule has 0 radical (unpaired) electrons. The summed E-state index contributed by atoms with van der Waals surface area (Å²) in [6.45, 7) is 10.1. The van der Waals surface area contributed by atoms with Crippen LogP contribution in [0.2, 0.25) is 0 Å². The van der Waals surface area contributed by atoms with Crippen LogP contribution in [-0.4, -0.2) is 62.9 Å². The average molecular weight is 260 g/mol. The lowest BCUT2D eigenvalue weighted by Gasteiger charge is -2.30. The molecule has 0 aliphatic rings. The Morgan fingerprint density at radius 1 is 1.28 bits per heavy atom. The minimum Gasteiger partial charge on any atom is -0.383 e. The molecular formula is C13H28N2O3. The molecule has 0 aliphatic carbocycles. The van der Waals surface area contributed by atoms with Gasteiger partial charge in [-0.15, -0.1) is 0 Å². The van der Waals surface area contributed by atoms with Gasteiger partial charge in [-0.05, 0) is 27.7 Å². The first-order valence-electron chi connectivity index (χ1n) is 6.34. The molecule has 0 spiro atoms. The first kappa shape index (κ1) is 17.4. The fourth-order valence-electron chi connectivity index (χ4n) is 1.55. The lowest BCUT2D eigenvalue weighted by atomic mass is 10.1. The topological polar surface area (TPSA) is 50.8 Å². The summed E-state index contributed by atoms with van der Waals surface area (Å²) in [5, 5.41) is 3.20. The Kier molecular flexibility index (Phi) is 8.15. The zero-order chi connectivity index (χ0) is 14.2. The molecule has 0 fully saturated rings. The van der Waals surface area contributed by atoms with Gasteiger partial charge in [0.2, 0.25) is 5.91 Å². The van der Waals surface area contributed by atoms with Crippen molar-refractivity contribution in [3.63, 3.8) is 0 Å². The molecule has 1 N–H and O–H groups in total. The third-order valence-corrected chi connectivity index (χ3v) is 2.57. The van der Waals surface area contributed by atoms with Crippen molar-refractivity contribution in [2.45, 2.75) is 39.3 Å². The van der Waals surface area contributed by atoms with Gasteiger partial charge in [-0.25, -0.2) is 0 Å². The maximum absolute atomic E-state index is 12.2. The van der Waals surface area contributed by atoms with Gasteiger partial charge in [-0.1, -0.05) is 0 Å². The standard InChI is InChI=1S/C13H28N2O3/c1-11(10-18-6)15(7-8-17-5)12(16)9-14-13(2,3)4/h11,14H,7-10H2,1-6H3. The number of rotatable bonds is 8. The highest BCUT2D eigenvalue weighted by Gasteiger charge is 2.21. The zero-order valence-electron chi connectivity index (χ0n) is 12.6. The van der Waals surface area contributed by atoms with E-state index in [0.29, 0.717) is 26.3 Å². The predicted octanol–water partition coefficient (Wildman–Crippen LogP) is 0.884. The number of methoxy groups -OCH3 is 2. The van der Waals surface area contributed by atoms with E-state index in [1.807, 2.05) is 27.7 Å². The van der Waals surface area contributed by atoms with Crippen molar-refractivity contribution >= 4 is 5.91 Å². The van der Waals surface area contributed by atoms with Gasteiger partial charge < -0.3 is 19.7 Å². The Morgan fingerprint density at radius 3 is 2.33 bits per heavy atom. The van der Waals surface area contributed by atoms with Crippen molar-refractivity contribution in [3.8, 4) is 0 Å². The molecule has 0 bridgehead atoms. The Labute approximate surface area is 111 Å². The number of carbonyl (C=O) groups is 1. The van der Waals surface area contributed by atoms with Crippen molar-refractivity contribution < 1.29 is 14.3 Å². The molecule has 0 aromatic carbocycles. The molecular weight excluding hydrogens is 232 g/mol.